The van der Waals surface area contributed by atoms with Gasteiger partial charge in [-0.3, -0.25) is 9.59 Å². The molecule has 1 aliphatic heterocycles. The van der Waals surface area contributed by atoms with Crippen molar-refractivity contribution in [2.45, 2.75) is 25.3 Å². The first-order valence-corrected chi connectivity index (χ1v) is 11.3. The van der Waals surface area contributed by atoms with Crippen LogP contribution in [0.4, 0.5) is 16.2 Å². The summed E-state index contributed by atoms with van der Waals surface area (Å²) in [6, 6.07) is 20.7. The molecule has 0 aromatic heterocycles. The summed E-state index contributed by atoms with van der Waals surface area (Å²) >= 11 is 6.09. The molecule has 0 bridgehead atoms. The molecule has 0 fully saturated rings. The molecule has 34 heavy (non-hydrogen) atoms. The quantitative estimate of drug-likeness (QED) is 0.514. The number of nitrogens with two attached hydrogens (primary N) is 1. The predicted octanol–water partition coefficient (Wildman–Crippen LogP) is 4.19. The van der Waals surface area contributed by atoms with Crippen LogP contribution in [0, 0.1) is 6.92 Å². The molecule has 8 heteroatoms. The number of carbonyl (C=O) groups excluding carboxylic acids is 3. The number of amides is 4. The summed E-state index contributed by atoms with van der Waals surface area (Å²) < 4.78 is 0. The van der Waals surface area contributed by atoms with Crippen LogP contribution in [0.15, 0.2) is 72.8 Å². The minimum absolute atomic E-state index is 0.223. The summed E-state index contributed by atoms with van der Waals surface area (Å²) in [5.74, 6) is -1.27. The number of halogens is 1. The predicted molar refractivity (Wildman–Crippen MR) is 133 cm³/mol. The first-order chi connectivity index (χ1) is 16.3. The molecule has 4 rings (SSSR count). The molecule has 0 saturated carbocycles. The Kier molecular flexibility index (Phi) is 6.84. The van der Waals surface area contributed by atoms with E-state index in [1.165, 1.54) is 4.90 Å². The maximum absolute atomic E-state index is 13.6. The maximum Gasteiger partial charge on any atom is 0.319 e. The summed E-state index contributed by atoms with van der Waals surface area (Å²) in [7, 11) is 0. The zero-order chi connectivity index (χ0) is 24.2. The van der Waals surface area contributed by atoms with E-state index in [1.54, 1.807) is 30.3 Å². The highest BCUT2D eigenvalue weighted by Gasteiger charge is 2.37. The van der Waals surface area contributed by atoms with E-state index in [4.69, 9.17) is 17.3 Å². The topological polar surface area (TPSA) is 105 Å². The number of nitrogens with zero attached hydrogens (tertiary/aromatic N) is 1. The van der Waals surface area contributed by atoms with Crippen LogP contribution in [0.2, 0.25) is 5.02 Å². The number of primary amides is 1. The van der Waals surface area contributed by atoms with E-state index in [0.717, 1.165) is 16.7 Å². The van der Waals surface area contributed by atoms with Crippen LogP contribution < -0.4 is 21.3 Å². The molecule has 1 aliphatic rings. The fourth-order valence-corrected chi connectivity index (χ4v) is 4.42. The summed E-state index contributed by atoms with van der Waals surface area (Å²) in [6.45, 7) is 1.63. The Morgan fingerprint density at radius 2 is 1.79 bits per heavy atom. The number of hydrogen-bond donors (Lipinski definition) is 3. The molecule has 3 aromatic rings. The Balaban J connectivity index is 1.70. The van der Waals surface area contributed by atoms with Crippen molar-refractivity contribution in [3.05, 3.63) is 94.5 Å². The molecule has 7 nitrogen and oxygen atoms in total. The minimum atomic E-state index is -0.891. The van der Waals surface area contributed by atoms with Gasteiger partial charge in [-0.05, 0) is 60.4 Å². The van der Waals surface area contributed by atoms with Gasteiger partial charge in [0, 0.05) is 22.3 Å². The number of rotatable bonds is 5. The van der Waals surface area contributed by atoms with Crippen molar-refractivity contribution in [1.29, 1.82) is 0 Å². The van der Waals surface area contributed by atoms with Crippen molar-refractivity contribution in [3.63, 3.8) is 0 Å². The van der Waals surface area contributed by atoms with Gasteiger partial charge >= 0.3 is 6.03 Å². The molecular weight excluding hydrogens is 452 g/mol. The lowest BCUT2D eigenvalue weighted by Crippen LogP contribution is -2.51. The number of hydrogen-bond acceptors (Lipinski definition) is 3. The Bertz CT molecular complexity index is 1230. The average molecular weight is 477 g/mol. The zero-order valence-electron chi connectivity index (χ0n) is 18.6. The molecule has 174 valence electrons. The lowest BCUT2D eigenvalue weighted by atomic mass is 9.86. The van der Waals surface area contributed by atoms with Crippen LogP contribution in [-0.4, -0.2) is 30.4 Å². The highest BCUT2D eigenvalue weighted by Crippen LogP contribution is 2.39. The first-order valence-electron chi connectivity index (χ1n) is 10.9. The van der Waals surface area contributed by atoms with E-state index in [1.807, 2.05) is 49.4 Å². The summed E-state index contributed by atoms with van der Waals surface area (Å²) in [4.78, 5) is 39.6. The second kappa shape index (κ2) is 9.97. The second-order valence-corrected chi connectivity index (χ2v) is 8.75. The van der Waals surface area contributed by atoms with Gasteiger partial charge in [0.25, 0.3) is 0 Å². The van der Waals surface area contributed by atoms with Gasteiger partial charge < -0.3 is 21.3 Å². The molecule has 4 N–H and O–H groups in total. The van der Waals surface area contributed by atoms with Gasteiger partial charge in [0.1, 0.15) is 12.6 Å². The van der Waals surface area contributed by atoms with Crippen LogP contribution in [0.5, 0.6) is 0 Å². The van der Waals surface area contributed by atoms with Gasteiger partial charge in [0.05, 0.1) is 0 Å². The SMILES string of the molecule is Cc1cccc(NC(=O)NC2CC(c3ccc(Cl)cc3)c3ccccc3N(CC(N)=O)C2=O)c1. The van der Waals surface area contributed by atoms with Crippen molar-refractivity contribution < 1.29 is 14.4 Å². The highest BCUT2D eigenvalue weighted by molar-refractivity contribution is 6.30. The zero-order valence-corrected chi connectivity index (χ0v) is 19.4. The van der Waals surface area contributed by atoms with Gasteiger partial charge in [-0.2, -0.15) is 0 Å². The first kappa shape index (κ1) is 23.3. The largest absolute Gasteiger partial charge is 0.368 e. The minimum Gasteiger partial charge on any atom is -0.368 e. The molecule has 1 heterocycles. The fraction of sp³-hybridized carbons (Fsp3) is 0.192. The van der Waals surface area contributed by atoms with Gasteiger partial charge in [-0.1, -0.05) is 54.1 Å². The van der Waals surface area contributed by atoms with Crippen molar-refractivity contribution in [2.24, 2.45) is 5.73 Å². The number of urea groups is 1. The molecule has 2 atom stereocenters. The molecule has 2 unspecified atom stereocenters. The van der Waals surface area contributed by atoms with Gasteiger partial charge in [0.2, 0.25) is 11.8 Å². The van der Waals surface area contributed by atoms with Crippen molar-refractivity contribution in [2.75, 3.05) is 16.8 Å². The smallest absolute Gasteiger partial charge is 0.319 e. The fourth-order valence-electron chi connectivity index (χ4n) is 4.30. The van der Waals surface area contributed by atoms with Gasteiger partial charge in [0.15, 0.2) is 0 Å². The molecule has 0 aliphatic carbocycles. The second-order valence-electron chi connectivity index (χ2n) is 8.31. The highest BCUT2D eigenvalue weighted by atomic mass is 35.5. The van der Waals surface area contributed by atoms with Crippen molar-refractivity contribution >= 4 is 40.8 Å². The van der Waals surface area contributed by atoms with Gasteiger partial charge in [-0.15, -0.1) is 0 Å². The number of carbonyl (C=O) groups is 3. The molecule has 0 radical (unpaired) electrons. The third kappa shape index (κ3) is 5.21. The third-order valence-electron chi connectivity index (χ3n) is 5.81. The maximum atomic E-state index is 13.6. The Morgan fingerprint density at radius 1 is 1.06 bits per heavy atom. The standard InChI is InChI=1S/C26H25ClN4O3/c1-16-5-4-6-19(13-16)29-26(34)30-22-14-21(17-9-11-18(27)12-10-17)20-7-2-3-8-23(20)31(25(22)33)15-24(28)32/h2-13,21-22H,14-15H2,1H3,(H2,28,32)(H2,29,30,34). The third-order valence-corrected chi connectivity index (χ3v) is 6.06. The number of fused-ring (bicyclic) bond motifs is 1. The number of nitrogens with one attached hydrogen (secondary N) is 2. The van der Waals surface area contributed by atoms with Crippen LogP contribution in [0.3, 0.4) is 0 Å². The lowest BCUT2D eigenvalue weighted by molar-refractivity contribution is -0.123. The summed E-state index contributed by atoms with van der Waals surface area (Å²) in [5.41, 5.74) is 9.48. The van der Waals surface area contributed by atoms with E-state index in [0.29, 0.717) is 22.8 Å². The molecule has 0 spiro atoms. The number of para-hydroxylation sites is 1. The monoisotopic (exact) mass is 476 g/mol. The van der Waals surface area contributed by atoms with E-state index in [9.17, 15) is 14.4 Å². The number of aryl methyl sites for hydroxylation is 1. The van der Waals surface area contributed by atoms with E-state index >= 15 is 0 Å². The number of benzene rings is 3. The van der Waals surface area contributed by atoms with Crippen LogP contribution in [0.25, 0.3) is 0 Å². The number of anilines is 2. The average Bonchev–Trinajstić information content (AvgIpc) is 2.90. The van der Waals surface area contributed by atoms with E-state index in [2.05, 4.69) is 10.6 Å². The summed E-state index contributed by atoms with van der Waals surface area (Å²) in [6.07, 6.45) is 0.300. The van der Waals surface area contributed by atoms with E-state index in [-0.39, 0.29) is 12.5 Å². The Hall–Kier alpha value is -3.84. The van der Waals surface area contributed by atoms with Crippen LogP contribution in [-0.2, 0) is 9.59 Å². The lowest BCUT2D eigenvalue weighted by Gasteiger charge is -2.25. The normalized spacial score (nSPS) is 17.5. The van der Waals surface area contributed by atoms with Crippen LogP contribution >= 0.6 is 11.6 Å². The molecule has 3 aromatic carbocycles. The molecule has 0 saturated heterocycles. The Morgan fingerprint density at radius 3 is 2.50 bits per heavy atom. The van der Waals surface area contributed by atoms with Gasteiger partial charge in [-0.25, -0.2) is 4.79 Å². The van der Waals surface area contributed by atoms with Crippen molar-refractivity contribution in [3.8, 4) is 0 Å². The Labute approximate surface area is 202 Å². The summed E-state index contributed by atoms with van der Waals surface area (Å²) in [5, 5.41) is 6.19. The van der Waals surface area contributed by atoms with Crippen LogP contribution in [0.1, 0.15) is 29.0 Å². The van der Waals surface area contributed by atoms with E-state index < -0.39 is 23.9 Å². The van der Waals surface area contributed by atoms with Crippen molar-refractivity contribution in [1.82, 2.24) is 5.32 Å². The molecular formula is C26H25ClN4O3. The molecule has 4 amide bonds.